The first-order valence-corrected chi connectivity index (χ1v) is 9.90. The van der Waals surface area contributed by atoms with E-state index in [1.165, 1.54) is 17.8 Å². The second-order valence-corrected chi connectivity index (χ2v) is 7.61. The Labute approximate surface area is 174 Å². The number of nitrogens with zero attached hydrogens (tertiary/aromatic N) is 1. The molecule has 0 aliphatic rings. The summed E-state index contributed by atoms with van der Waals surface area (Å²) in [6.45, 7) is 1.64. The number of rotatable bonds is 6. The summed E-state index contributed by atoms with van der Waals surface area (Å²) < 4.78 is 26.2. The summed E-state index contributed by atoms with van der Waals surface area (Å²) in [5.74, 6) is -2.05. The van der Waals surface area contributed by atoms with Gasteiger partial charge >= 0.3 is 0 Å². The Balaban J connectivity index is 1.67. The van der Waals surface area contributed by atoms with Crippen LogP contribution in [-0.2, 0) is 17.0 Å². The lowest BCUT2D eigenvalue weighted by molar-refractivity contribution is -0.115. The molecule has 0 aliphatic heterocycles. The molecule has 0 saturated carbocycles. The minimum Gasteiger partial charge on any atom is -0.326 e. The number of halogens is 3. The van der Waals surface area contributed by atoms with Gasteiger partial charge in [0.2, 0.25) is 5.91 Å². The fourth-order valence-electron chi connectivity index (χ4n) is 2.58. The average molecular weight is 436 g/mol. The van der Waals surface area contributed by atoms with Gasteiger partial charge in [0, 0.05) is 33.8 Å². The highest BCUT2D eigenvalue weighted by molar-refractivity contribution is 7.98. The molecule has 3 rings (SSSR count). The minimum atomic E-state index is -1.07. The Morgan fingerprint density at radius 2 is 2.00 bits per heavy atom. The molecule has 9 heteroatoms. The van der Waals surface area contributed by atoms with Gasteiger partial charge < -0.3 is 10.3 Å². The van der Waals surface area contributed by atoms with Crippen molar-refractivity contribution >= 4 is 35.0 Å². The molecule has 1 heterocycles. The maximum absolute atomic E-state index is 13.2. The minimum absolute atomic E-state index is 0.102. The third-order valence-corrected chi connectivity index (χ3v) is 5.19. The summed E-state index contributed by atoms with van der Waals surface area (Å²) in [4.78, 5) is 31.6. The van der Waals surface area contributed by atoms with Crippen LogP contribution in [0.4, 0.5) is 14.5 Å². The first kappa shape index (κ1) is 21.0. The Morgan fingerprint density at radius 1 is 1.21 bits per heavy atom. The van der Waals surface area contributed by atoms with E-state index in [9.17, 15) is 18.4 Å². The molecule has 3 aromatic rings. The van der Waals surface area contributed by atoms with E-state index in [-0.39, 0.29) is 17.7 Å². The lowest BCUT2D eigenvalue weighted by Gasteiger charge is -2.09. The largest absolute Gasteiger partial charge is 0.326 e. The van der Waals surface area contributed by atoms with Crippen LogP contribution in [0.5, 0.6) is 0 Å². The standard InChI is InChI=1S/C20H16ClF2N3O2S/c1-11-15(9-18(27)25-14-5-6-16(22)17(23)8-14)19(28)26-20(24-11)29-10-12-3-2-4-13(21)7-12/h2-8H,9-10H2,1H3,(H,25,27)(H,24,26,28). The molecular formula is C20H16ClF2N3O2S. The molecule has 0 fully saturated rings. The molecule has 150 valence electrons. The lowest BCUT2D eigenvalue weighted by atomic mass is 10.1. The molecule has 0 spiro atoms. The summed E-state index contributed by atoms with van der Waals surface area (Å²) in [7, 11) is 0. The van der Waals surface area contributed by atoms with Crippen molar-refractivity contribution in [3.8, 4) is 0 Å². The van der Waals surface area contributed by atoms with E-state index in [4.69, 9.17) is 11.6 Å². The van der Waals surface area contributed by atoms with Gasteiger partial charge in [-0.05, 0) is 36.8 Å². The lowest BCUT2D eigenvalue weighted by Crippen LogP contribution is -2.23. The van der Waals surface area contributed by atoms with E-state index >= 15 is 0 Å². The van der Waals surface area contributed by atoms with Crippen molar-refractivity contribution in [3.05, 3.63) is 86.3 Å². The number of nitrogens with one attached hydrogen (secondary N) is 2. The molecule has 0 aliphatic carbocycles. The van der Waals surface area contributed by atoms with E-state index in [1.807, 2.05) is 18.2 Å². The number of thioether (sulfide) groups is 1. The fourth-order valence-corrected chi connectivity index (χ4v) is 3.64. The molecular weight excluding hydrogens is 420 g/mol. The van der Waals surface area contributed by atoms with Crippen LogP contribution in [0.25, 0.3) is 0 Å². The van der Waals surface area contributed by atoms with Gasteiger partial charge in [-0.2, -0.15) is 0 Å². The van der Waals surface area contributed by atoms with Gasteiger partial charge in [0.1, 0.15) is 0 Å². The van der Waals surface area contributed by atoms with Gasteiger partial charge in [-0.15, -0.1) is 0 Å². The number of H-pyrrole nitrogens is 1. The van der Waals surface area contributed by atoms with Crippen molar-refractivity contribution in [2.45, 2.75) is 24.3 Å². The Hall–Kier alpha value is -2.71. The van der Waals surface area contributed by atoms with E-state index in [1.54, 1.807) is 13.0 Å². The highest BCUT2D eigenvalue weighted by atomic mass is 35.5. The Morgan fingerprint density at radius 3 is 2.69 bits per heavy atom. The van der Waals surface area contributed by atoms with Crippen LogP contribution < -0.4 is 10.9 Å². The highest BCUT2D eigenvalue weighted by Gasteiger charge is 2.14. The quantitative estimate of drug-likeness (QED) is 0.442. The number of aromatic nitrogens is 2. The third-order valence-electron chi connectivity index (χ3n) is 4.01. The van der Waals surface area contributed by atoms with E-state index < -0.39 is 23.1 Å². The number of carbonyl (C=O) groups excluding carboxylic acids is 1. The van der Waals surface area contributed by atoms with E-state index in [0.717, 1.165) is 17.7 Å². The summed E-state index contributed by atoms with van der Waals surface area (Å²) in [5, 5.41) is 3.49. The number of anilines is 1. The summed E-state index contributed by atoms with van der Waals surface area (Å²) >= 11 is 7.30. The molecule has 2 N–H and O–H groups in total. The number of aryl methyl sites for hydroxylation is 1. The van der Waals surface area contributed by atoms with Crippen molar-refractivity contribution in [1.82, 2.24) is 9.97 Å². The molecule has 2 aromatic carbocycles. The van der Waals surface area contributed by atoms with Crippen LogP contribution >= 0.6 is 23.4 Å². The zero-order valence-corrected chi connectivity index (χ0v) is 16.8. The molecule has 0 bridgehead atoms. The van der Waals surface area contributed by atoms with Crippen LogP contribution in [0.3, 0.4) is 0 Å². The van der Waals surface area contributed by atoms with E-state index in [0.29, 0.717) is 21.6 Å². The summed E-state index contributed by atoms with van der Waals surface area (Å²) in [5.41, 5.74) is 1.29. The summed E-state index contributed by atoms with van der Waals surface area (Å²) in [6.07, 6.45) is -0.244. The molecule has 1 amide bonds. The Kier molecular flexibility index (Phi) is 6.66. The maximum Gasteiger partial charge on any atom is 0.255 e. The van der Waals surface area contributed by atoms with Gasteiger partial charge in [-0.3, -0.25) is 9.59 Å². The first-order chi connectivity index (χ1) is 13.8. The molecule has 0 unspecified atom stereocenters. The smallest absolute Gasteiger partial charge is 0.255 e. The zero-order chi connectivity index (χ0) is 21.0. The Bertz CT molecular complexity index is 1120. The topological polar surface area (TPSA) is 74.8 Å². The van der Waals surface area contributed by atoms with Crippen LogP contribution in [-0.4, -0.2) is 15.9 Å². The molecule has 0 saturated heterocycles. The number of hydrogen-bond donors (Lipinski definition) is 2. The van der Waals surface area contributed by atoms with Crippen molar-refractivity contribution in [2.24, 2.45) is 0 Å². The van der Waals surface area contributed by atoms with Gasteiger partial charge in [0.15, 0.2) is 16.8 Å². The second-order valence-electron chi connectivity index (χ2n) is 6.21. The number of aromatic amines is 1. The molecule has 1 aromatic heterocycles. The van der Waals surface area contributed by atoms with Gasteiger partial charge in [-0.1, -0.05) is 35.5 Å². The SMILES string of the molecule is Cc1nc(SCc2cccc(Cl)c2)[nH]c(=O)c1CC(=O)Nc1ccc(F)c(F)c1. The number of hydrogen-bond acceptors (Lipinski definition) is 4. The zero-order valence-electron chi connectivity index (χ0n) is 15.3. The second kappa shape index (κ2) is 9.19. The molecule has 0 radical (unpaired) electrons. The number of amides is 1. The summed E-state index contributed by atoms with van der Waals surface area (Å²) in [6, 6.07) is 10.4. The van der Waals surface area contributed by atoms with Crippen molar-refractivity contribution < 1.29 is 13.6 Å². The van der Waals surface area contributed by atoms with Gasteiger partial charge in [0.25, 0.3) is 5.56 Å². The third kappa shape index (κ3) is 5.65. The van der Waals surface area contributed by atoms with Crippen molar-refractivity contribution in [1.29, 1.82) is 0 Å². The van der Waals surface area contributed by atoms with Crippen LogP contribution in [0.2, 0.25) is 5.02 Å². The molecule has 5 nitrogen and oxygen atoms in total. The van der Waals surface area contributed by atoms with Crippen molar-refractivity contribution in [2.75, 3.05) is 5.32 Å². The molecule has 0 atom stereocenters. The monoisotopic (exact) mass is 435 g/mol. The number of carbonyl (C=O) groups is 1. The van der Waals surface area contributed by atoms with Crippen LogP contribution in [0.1, 0.15) is 16.8 Å². The fraction of sp³-hybridized carbons (Fsp3) is 0.150. The predicted octanol–water partition coefficient (Wildman–Crippen LogP) is 4.48. The maximum atomic E-state index is 13.2. The highest BCUT2D eigenvalue weighted by Crippen LogP contribution is 2.21. The van der Waals surface area contributed by atoms with Gasteiger partial charge in [-0.25, -0.2) is 13.8 Å². The average Bonchev–Trinajstić information content (AvgIpc) is 2.66. The molecule has 29 heavy (non-hydrogen) atoms. The van der Waals surface area contributed by atoms with E-state index in [2.05, 4.69) is 15.3 Å². The predicted molar refractivity (Wildman–Crippen MR) is 109 cm³/mol. The van der Waals surface area contributed by atoms with Crippen LogP contribution in [0, 0.1) is 18.6 Å². The normalized spacial score (nSPS) is 10.8. The first-order valence-electron chi connectivity index (χ1n) is 8.54. The van der Waals surface area contributed by atoms with Gasteiger partial charge in [0.05, 0.1) is 6.42 Å². The van der Waals surface area contributed by atoms with Crippen LogP contribution in [0.15, 0.2) is 52.4 Å². The number of benzene rings is 2. The van der Waals surface area contributed by atoms with Crippen molar-refractivity contribution in [3.63, 3.8) is 0 Å².